The fraction of sp³-hybridized carbons (Fsp3) is 0.385. The van der Waals surface area contributed by atoms with E-state index in [-0.39, 0.29) is 23.1 Å². The lowest BCUT2D eigenvalue weighted by atomic mass is 10.1. The number of hydrogen-bond acceptors (Lipinski definition) is 4. The fourth-order valence-electron chi connectivity index (χ4n) is 1.54. The third-order valence-corrected chi connectivity index (χ3v) is 2.56. The summed E-state index contributed by atoms with van der Waals surface area (Å²) in [6, 6.07) is 4.38. The van der Waals surface area contributed by atoms with Crippen LogP contribution in [0.25, 0.3) is 0 Å². The van der Waals surface area contributed by atoms with Gasteiger partial charge in [-0.1, -0.05) is 6.92 Å². The van der Waals surface area contributed by atoms with E-state index in [4.69, 9.17) is 14.6 Å². The van der Waals surface area contributed by atoms with Crippen LogP contribution in [0.3, 0.4) is 0 Å². The number of rotatable bonds is 6. The summed E-state index contributed by atoms with van der Waals surface area (Å²) in [6.45, 7) is 2.05. The maximum absolute atomic E-state index is 11.8. The second-order valence-electron chi connectivity index (χ2n) is 4.07. The van der Waals surface area contributed by atoms with E-state index in [0.717, 1.165) is 0 Å². The topological polar surface area (TPSA) is 84.9 Å². The van der Waals surface area contributed by atoms with Gasteiger partial charge in [0.15, 0.2) is 0 Å². The number of aromatic carboxylic acids is 1. The lowest BCUT2D eigenvalue weighted by Crippen LogP contribution is -2.23. The highest BCUT2D eigenvalue weighted by molar-refractivity contribution is 5.95. The highest BCUT2D eigenvalue weighted by Gasteiger charge is 2.15. The number of methoxy groups -OCH3 is 2. The van der Waals surface area contributed by atoms with Gasteiger partial charge < -0.3 is 19.9 Å². The zero-order valence-corrected chi connectivity index (χ0v) is 11.1. The number of carbonyl (C=O) groups is 2. The molecule has 0 spiro atoms. The predicted octanol–water partition coefficient (Wildman–Crippen LogP) is 1.61. The summed E-state index contributed by atoms with van der Waals surface area (Å²) in [5.41, 5.74) is 0.528. The Hall–Kier alpha value is -2.08. The molecule has 0 aliphatic carbocycles. The second kappa shape index (κ2) is 6.75. The Bertz CT molecular complexity index is 472. The summed E-state index contributed by atoms with van der Waals surface area (Å²) < 4.78 is 9.87. The van der Waals surface area contributed by atoms with Crippen LogP contribution in [-0.4, -0.2) is 37.8 Å². The van der Waals surface area contributed by atoms with Crippen LogP contribution in [0.2, 0.25) is 0 Å². The standard InChI is InChI=1S/C13H17NO5/c1-8(7-18-2)12(15)14-9-4-5-10(13(16)17)11(6-9)19-3/h4-6,8H,7H2,1-3H3,(H,14,15)(H,16,17). The molecular weight excluding hydrogens is 250 g/mol. The first-order chi connectivity index (χ1) is 8.99. The normalized spacial score (nSPS) is 11.7. The number of hydrogen-bond donors (Lipinski definition) is 2. The van der Waals surface area contributed by atoms with E-state index in [0.29, 0.717) is 12.3 Å². The third-order valence-electron chi connectivity index (χ3n) is 2.56. The first-order valence-corrected chi connectivity index (χ1v) is 5.70. The smallest absolute Gasteiger partial charge is 0.339 e. The Morgan fingerprint density at radius 3 is 2.58 bits per heavy atom. The molecule has 0 bridgehead atoms. The highest BCUT2D eigenvalue weighted by atomic mass is 16.5. The van der Waals surface area contributed by atoms with E-state index < -0.39 is 5.97 Å². The van der Waals surface area contributed by atoms with E-state index >= 15 is 0 Å². The van der Waals surface area contributed by atoms with Gasteiger partial charge in [-0.15, -0.1) is 0 Å². The van der Waals surface area contributed by atoms with Crippen LogP contribution in [0.15, 0.2) is 18.2 Å². The van der Waals surface area contributed by atoms with Crippen molar-refractivity contribution in [2.75, 3.05) is 26.1 Å². The molecule has 1 aromatic rings. The van der Waals surface area contributed by atoms with Crippen LogP contribution >= 0.6 is 0 Å². The van der Waals surface area contributed by atoms with Crippen molar-refractivity contribution >= 4 is 17.6 Å². The van der Waals surface area contributed by atoms with Crippen LogP contribution in [-0.2, 0) is 9.53 Å². The molecule has 1 rings (SSSR count). The monoisotopic (exact) mass is 267 g/mol. The number of nitrogens with one attached hydrogen (secondary N) is 1. The molecule has 19 heavy (non-hydrogen) atoms. The van der Waals surface area contributed by atoms with Gasteiger partial charge in [-0.05, 0) is 12.1 Å². The minimum absolute atomic E-state index is 0.0467. The molecule has 1 unspecified atom stereocenters. The van der Waals surface area contributed by atoms with Crippen molar-refractivity contribution in [1.82, 2.24) is 0 Å². The maximum atomic E-state index is 11.8. The molecule has 0 radical (unpaired) electrons. The lowest BCUT2D eigenvalue weighted by Gasteiger charge is -2.12. The number of carboxylic acid groups (broad SMARTS) is 1. The number of benzene rings is 1. The Labute approximate surface area is 111 Å². The maximum Gasteiger partial charge on any atom is 0.339 e. The van der Waals surface area contributed by atoms with E-state index in [2.05, 4.69) is 5.32 Å². The molecule has 1 aromatic carbocycles. The second-order valence-corrected chi connectivity index (χ2v) is 4.07. The van der Waals surface area contributed by atoms with E-state index in [1.54, 1.807) is 6.92 Å². The van der Waals surface area contributed by atoms with Gasteiger partial charge in [0.05, 0.1) is 19.6 Å². The van der Waals surface area contributed by atoms with E-state index in [9.17, 15) is 9.59 Å². The van der Waals surface area contributed by atoms with Gasteiger partial charge in [-0.2, -0.15) is 0 Å². The summed E-state index contributed by atoms with van der Waals surface area (Å²) in [5, 5.41) is 11.6. The summed E-state index contributed by atoms with van der Waals surface area (Å²) in [7, 11) is 2.90. The van der Waals surface area contributed by atoms with E-state index in [1.807, 2.05) is 0 Å². The molecule has 104 valence electrons. The number of ether oxygens (including phenoxy) is 2. The Balaban J connectivity index is 2.86. The van der Waals surface area contributed by atoms with Gasteiger partial charge in [0.1, 0.15) is 11.3 Å². The van der Waals surface area contributed by atoms with Crippen molar-refractivity contribution in [2.45, 2.75) is 6.92 Å². The van der Waals surface area contributed by atoms with Crippen molar-refractivity contribution in [3.05, 3.63) is 23.8 Å². The summed E-state index contributed by atoms with van der Waals surface area (Å²) >= 11 is 0. The molecule has 1 amide bonds. The van der Waals surface area contributed by atoms with Gasteiger partial charge in [-0.3, -0.25) is 4.79 Å². The minimum Gasteiger partial charge on any atom is -0.496 e. The summed E-state index contributed by atoms with van der Waals surface area (Å²) in [6.07, 6.45) is 0. The lowest BCUT2D eigenvalue weighted by molar-refractivity contribution is -0.120. The minimum atomic E-state index is -1.08. The van der Waals surface area contributed by atoms with Crippen LogP contribution in [0.5, 0.6) is 5.75 Å². The Morgan fingerprint density at radius 2 is 2.05 bits per heavy atom. The van der Waals surface area contributed by atoms with Crippen molar-refractivity contribution in [3.8, 4) is 5.75 Å². The molecule has 6 nitrogen and oxygen atoms in total. The van der Waals surface area contributed by atoms with Crippen LogP contribution in [0, 0.1) is 5.92 Å². The largest absolute Gasteiger partial charge is 0.496 e. The molecule has 0 heterocycles. The Kier molecular flexibility index (Phi) is 5.32. The number of amides is 1. The molecule has 6 heteroatoms. The molecular formula is C13H17NO5. The quantitative estimate of drug-likeness (QED) is 0.818. The predicted molar refractivity (Wildman–Crippen MR) is 69.6 cm³/mol. The molecule has 0 aromatic heterocycles. The first kappa shape index (κ1) is 15.0. The van der Waals surface area contributed by atoms with Crippen LogP contribution in [0.1, 0.15) is 17.3 Å². The van der Waals surface area contributed by atoms with Gasteiger partial charge in [0, 0.05) is 18.9 Å². The number of anilines is 1. The summed E-state index contributed by atoms with van der Waals surface area (Å²) in [5.74, 6) is -1.38. The SMILES string of the molecule is COCC(C)C(=O)Nc1ccc(C(=O)O)c(OC)c1. The highest BCUT2D eigenvalue weighted by Crippen LogP contribution is 2.23. The molecule has 0 saturated heterocycles. The van der Waals surface area contributed by atoms with Crippen LogP contribution < -0.4 is 10.1 Å². The molecule has 0 fully saturated rings. The Morgan fingerprint density at radius 1 is 1.37 bits per heavy atom. The zero-order valence-electron chi connectivity index (χ0n) is 11.1. The van der Waals surface area contributed by atoms with Crippen molar-refractivity contribution in [3.63, 3.8) is 0 Å². The summed E-state index contributed by atoms with van der Waals surface area (Å²) in [4.78, 5) is 22.7. The molecule has 1 atom stereocenters. The van der Waals surface area contributed by atoms with Crippen molar-refractivity contribution < 1.29 is 24.2 Å². The fourth-order valence-corrected chi connectivity index (χ4v) is 1.54. The van der Waals surface area contributed by atoms with Crippen molar-refractivity contribution in [2.24, 2.45) is 5.92 Å². The molecule has 0 saturated carbocycles. The molecule has 0 aliphatic heterocycles. The van der Waals surface area contributed by atoms with Gasteiger partial charge in [0.2, 0.25) is 5.91 Å². The number of carbonyl (C=O) groups excluding carboxylic acids is 1. The van der Waals surface area contributed by atoms with Crippen LogP contribution in [0.4, 0.5) is 5.69 Å². The zero-order chi connectivity index (χ0) is 14.4. The van der Waals surface area contributed by atoms with Gasteiger partial charge in [-0.25, -0.2) is 4.79 Å². The number of carboxylic acids is 1. The average molecular weight is 267 g/mol. The first-order valence-electron chi connectivity index (χ1n) is 5.70. The third kappa shape index (κ3) is 3.96. The van der Waals surface area contributed by atoms with Crippen molar-refractivity contribution in [1.29, 1.82) is 0 Å². The molecule has 2 N–H and O–H groups in total. The average Bonchev–Trinajstić information content (AvgIpc) is 2.38. The van der Waals surface area contributed by atoms with Gasteiger partial charge >= 0.3 is 5.97 Å². The molecule has 0 aliphatic rings. The van der Waals surface area contributed by atoms with Gasteiger partial charge in [0.25, 0.3) is 0 Å². The van der Waals surface area contributed by atoms with E-state index in [1.165, 1.54) is 32.4 Å².